The van der Waals surface area contributed by atoms with Crippen LogP contribution in [0.5, 0.6) is 0 Å². The van der Waals surface area contributed by atoms with Crippen LogP contribution in [0.25, 0.3) is 0 Å². The summed E-state index contributed by atoms with van der Waals surface area (Å²) in [6, 6.07) is 10.9. The minimum absolute atomic E-state index is 0.00924. The molecule has 2 aromatic carbocycles. The average Bonchev–Trinajstić information content (AvgIpc) is 3.30. The minimum atomic E-state index is -4.94. The Hall–Kier alpha value is -2.30. The number of carbonyl (C=O) groups is 1. The molecule has 4 nitrogen and oxygen atoms in total. The molecule has 1 spiro atoms. The zero-order chi connectivity index (χ0) is 27.8. The summed E-state index contributed by atoms with van der Waals surface area (Å²) in [5, 5.41) is 3.55. The Morgan fingerprint density at radius 1 is 1.03 bits per heavy atom. The molecule has 3 atom stereocenters. The lowest BCUT2D eigenvalue weighted by molar-refractivity contribution is -0.143. The summed E-state index contributed by atoms with van der Waals surface area (Å²) in [5.41, 5.74) is -3.21. The standard InChI is InChI=1S/C27H29ClF6N2O2/c1-18(19-12-21(26(29,30)31)14-22(13-19)27(32,33)34)38-17-25(20-6-3-2-4-7-20)10-9-24(16-35-25)8-5-11-36(24)23(37)15-28/h2-4,6-7,12-14,18,35H,5,8-11,15-17H2,1H3/t18-,24-,25-/m1/s1. The second-order valence-electron chi connectivity index (χ2n) is 10.1. The maximum absolute atomic E-state index is 13.4. The number of alkyl halides is 7. The first-order valence-electron chi connectivity index (χ1n) is 12.4. The zero-order valence-electron chi connectivity index (χ0n) is 20.8. The van der Waals surface area contributed by atoms with E-state index in [2.05, 4.69) is 5.32 Å². The van der Waals surface area contributed by atoms with Gasteiger partial charge in [-0.05, 0) is 61.9 Å². The number of benzene rings is 2. The molecule has 2 heterocycles. The van der Waals surface area contributed by atoms with E-state index in [0.717, 1.165) is 18.4 Å². The molecule has 2 aliphatic heterocycles. The molecule has 4 rings (SSSR count). The van der Waals surface area contributed by atoms with Gasteiger partial charge in [0.05, 0.1) is 34.9 Å². The Morgan fingerprint density at radius 3 is 2.18 bits per heavy atom. The number of hydrogen-bond acceptors (Lipinski definition) is 3. The normalized spacial score (nSPS) is 25.1. The molecule has 0 unspecified atom stereocenters. The van der Waals surface area contributed by atoms with Gasteiger partial charge in [-0.2, -0.15) is 26.3 Å². The van der Waals surface area contributed by atoms with Crippen LogP contribution in [-0.4, -0.2) is 41.9 Å². The van der Waals surface area contributed by atoms with Gasteiger partial charge >= 0.3 is 12.4 Å². The molecular weight excluding hydrogens is 534 g/mol. The van der Waals surface area contributed by atoms with Gasteiger partial charge < -0.3 is 15.0 Å². The fraction of sp³-hybridized carbons (Fsp3) is 0.519. The Bertz CT molecular complexity index is 1100. The number of halogens is 7. The van der Waals surface area contributed by atoms with Gasteiger partial charge in [-0.1, -0.05) is 30.3 Å². The second-order valence-corrected chi connectivity index (χ2v) is 10.4. The van der Waals surface area contributed by atoms with E-state index in [1.807, 2.05) is 35.2 Å². The first kappa shape index (κ1) is 28.7. The lowest BCUT2D eigenvalue weighted by atomic mass is 9.75. The van der Waals surface area contributed by atoms with Crippen LogP contribution in [0.3, 0.4) is 0 Å². The van der Waals surface area contributed by atoms with E-state index in [0.29, 0.717) is 38.1 Å². The van der Waals surface area contributed by atoms with Crippen molar-refractivity contribution in [1.82, 2.24) is 10.2 Å². The monoisotopic (exact) mass is 562 g/mol. The summed E-state index contributed by atoms with van der Waals surface area (Å²) in [7, 11) is 0. The fourth-order valence-corrected chi connectivity index (χ4v) is 5.73. The highest BCUT2D eigenvalue weighted by Gasteiger charge is 2.50. The van der Waals surface area contributed by atoms with Crippen molar-refractivity contribution in [2.75, 3.05) is 25.6 Å². The minimum Gasteiger partial charge on any atom is -0.372 e. The zero-order valence-corrected chi connectivity index (χ0v) is 21.5. The number of piperidine rings is 1. The van der Waals surface area contributed by atoms with Crippen LogP contribution in [-0.2, 0) is 27.4 Å². The van der Waals surface area contributed by atoms with Crippen molar-refractivity contribution in [2.24, 2.45) is 0 Å². The van der Waals surface area contributed by atoms with Crippen molar-refractivity contribution < 1.29 is 35.9 Å². The molecule has 2 aliphatic rings. The van der Waals surface area contributed by atoms with E-state index in [9.17, 15) is 31.1 Å². The quantitative estimate of drug-likeness (QED) is 0.315. The van der Waals surface area contributed by atoms with E-state index < -0.39 is 40.7 Å². The van der Waals surface area contributed by atoms with E-state index in [1.54, 1.807) is 0 Å². The Balaban J connectivity index is 1.59. The molecule has 2 fully saturated rings. The molecule has 38 heavy (non-hydrogen) atoms. The van der Waals surface area contributed by atoms with Crippen molar-refractivity contribution in [1.29, 1.82) is 0 Å². The SMILES string of the molecule is C[C@@H](OC[C@@]1(c2ccccc2)CC[C@]2(CCCN2C(=O)CCl)CN1)c1cc(C(F)(F)F)cc(C(F)(F)F)c1. The molecule has 2 saturated heterocycles. The largest absolute Gasteiger partial charge is 0.416 e. The van der Waals surface area contributed by atoms with E-state index in [-0.39, 0.29) is 30.0 Å². The first-order chi connectivity index (χ1) is 17.8. The predicted octanol–water partition coefficient (Wildman–Crippen LogP) is 6.68. The lowest BCUT2D eigenvalue weighted by Crippen LogP contribution is -2.63. The lowest BCUT2D eigenvalue weighted by Gasteiger charge is -2.49. The maximum Gasteiger partial charge on any atom is 0.416 e. The molecule has 0 saturated carbocycles. The van der Waals surface area contributed by atoms with Crippen LogP contribution in [0.2, 0.25) is 0 Å². The molecule has 2 aromatic rings. The third kappa shape index (κ3) is 5.82. The van der Waals surface area contributed by atoms with Crippen LogP contribution in [0, 0.1) is 0 Å². The Labute approximate surface area is 222 Å². The number of ether oxygens (including phenoxy) is 1. The van der Waals surface area contributed by atoms with Crippen LogP contribution in [0.15, 0.2) is 48.5 Å². The highest BCUT2D eigenvalue weighted by Crippen LogP contribution is 2.43. The van der Waals surface area contributed by atoms with Gasteiger partial charge in [0, 0.05) is 13.1 Å². The van der Waals surface area contributed by atoms with Gasteiger partial charge in [-0.15, -0.1) is 11.6 Å². The summed E-state index contributed by atoms with van der Waals surface area (Å²) in [4.78, 5) is 14.3. The predicted molar refractivity (Wildman–Crippen MR) is 131 cm³/mol. The molecule has 0 aromatic heterocycles. The summed E-state index contributed by atoms with van der Waals surface area (Å²) in [5.74, 6) is -0.239. The number of amides is 1. The fourth-order valence-electron chi connectivity index (χ4n) is 5.59. The summed E-state index contributed by atoms with van der Waals surface area (Å²) in [6.07, 6.45) is -8.05. The van der Waals surface area contributed by atoms with Gasteiger partial charge in [0.15, 0.2) is 0 Å². The van der Waals surface area contributed by atoms with Gasteiger partial charge in [-0.25, -0.2) is 0 Å². The van der Waals surface area contributed by atoms with Crippen molar-refractivity contribution >= 4 is 17.5 Å². The van der Waals surface area contributed by atoms with Gasteiger partial charge in [-0.3, -0.25) is 4.79 Å². The van der Waals surface area contributed by atoms with Crippen molar-refractivity contribution in [3.05, 3.63) is 70.8 Å². The third-order valence-electron chi connectivity index (χ3n) is 7.77. The highest BCUT2D eigenvalue weighted by atomic mass is 35.5. The van der Waals surface area contributed by atoms with Crippen molar-refractivity contribution in [2.45, 2.75) is 62.1 Å². The number of nitrogens with zero attached hydrogens (tertiary/aromatic N) is 1. The Morgan fingerprint density at radius 2 is 1.66 bits per heavy atom. The summed E-state index contributed by atoms with van der Waals surface area (Å²) in [6.45, 7) is 2.53. The molecule has 1 amide bonds. The molecular formula is C27H29ClF6N2O2. The molecule has 0 bridgehead atoms. The van der Waals surface area contributed by atoms with Crippen LogP contribution < -0.4 is 5.32 Å². The molecule has 0 radical (unpaired) electrons. The molecule has 0 aliphatic carbocycles. The van der Waals surface area contributed by atoms with Crippen molar-refractivity contribution in [3.8, 4) is 0 Å². The van der Waals surface area contributed by atoms with E-state index in [4.69, 9.17) is 16.3 Å². The van der Waals surface area contributed by atoms with E-state index >= 15 is 0 Å². The third-order valence-corrected chi connectivity index (χ3v) is 8.00. The number of carbonyl (C=O) groups excluding carboxylic acids is 1. The van der Waals surface area contributed by atoms with Crippen LogP contribution in [0.4, 0.5) is 26.3 Å². The number of rotatable bonds is 6. The molecule has 11 heteroatoms. The van der Waals surface area contributed by atoms with Crippen LogP contribution >= 0.6 is 11.6 Å². The van der Waals surface area contributed by atoms with Gasteiger partial charge in [0.25, 0.3) is 0 Å². The van der Waals surface area contributed by atoms with Gasteiger partial charge in [0.2, 0.25) is 5.91 Å². The summed E-state index contributed by atoms with van der Waals surface area (Å²) >= 11 is 5.84. The Kier molecular flexibility index (Phi) is 8.08. The smallest absolute Gasteiger partial charge is 0.372 e. The number of hydrogen-bond donors (Lipinski definition) is 1. The molecule has 1 N–H and O–H groups in total. The number of nitrogens with one attached hydrogen (secondary N) is 1. The second kappa shape index (κ2) is 10.7. The van der Waals surface area contributed by atoms with Crippen LogP contribution in [0.1, 0.15) is 61.0 Å². The van der Waals surface area contributed by atoms with Crippen molar-refractivity contribution in [3.63, 3.8) is 0 Å². The average molecular weight is 563 g/mol. The maximum atomic E-state index is 13.4. The number of likely N-dealkylation sites (tertiary alicyclic amines) is 1. The summed E-state index contributed by atoms with van der Waals surface area (Å²) < 4.78 is 86.2. The highest BCUT2D eigenvalue weighted by molar-refractivity contribution is 6.27. The first-order valence-corrected chi connectivity index (χ1v) is 12.9. The van der Waals surface area contributed by atoms with Gasteiger partial charge in [0.1, 0.15) is 5.88 Å². The van der Waals surface area contributed by atoms with E-state index in [1.165, 1.54) is 6.92 Å². The topological polar surface area (TPSA) is 41.6 Å². The molecule has 208 valence electrons.